The molecule has 78 valence electrons. The van der Waals surface area contributed by atoms with Gasteiger partial charge in [-0.3, -0.25) is 4.79 Å². The Morgan fingerprint density at radius 3 is 2.60 bits per heavy atom. The van der Waals surface area contributed by atoms with Gasteiger partial charge in [-0.25, -0.2) is 13.8 Å². The molecule has 5 nitrogen and oxygen atoms in total. The van der Waals surface area contributed by atoms with Crippen LogP contribution in [-0.2, 0) is 0 Å². The normalized spacial score (nSPS) is 10.0. The molecular formula is C8H6F2N4O. The van der Waals surface area contributed by atoms with Crippen LogP contribution in [0.5, 0.6) is 0 Å². The van der Waals surface area contributed by atoms with Crippen LogP contribution in [0, 0.1) is 11.3 Å². The first-order valence-corrected chi connectivity index (χ1v) is 3.75. The number of pyridine rings is 1. The summed E-state index contributed by atoms with van der Waals surface area (Å²) in [6, 6.07) is 1.58. The van der Waals surface area contributed by atoms with Gasteiger partial charge in [0.05, 0.1) is 16.8 Å². The van der Waals surface area contributed by atoms with Crippen LogP contribution in [0.1, 0.15) is 28.0 Å². The van der Waals surface area contributed by atoms with Crippen molar-refractivity contribution < 1.29 is 13.6 Å². The van der Waals surface area contributed by atoms with E-state index in [0.29, 0.717) is 0 Å². The number of aromatic nitrogens is 1. The molecule has 4 N–H and O–H groups in total. The maximum Gasteiger partial charge on any atom is 0.268 e. The molecule has 1 heterocycles. The number of halogens is 2. The summed E-state index contributed by atoms with van der Waals surface area (Å²) in [5.41, 5.74) is 8.05. The number of carbonyl (C=O) groups excluding carboxylic acids is 1. The van der Waals surface area contributed by atoms with Crippen molar-refractivity contribution in [2.75, 3.05) is 5.73 Å². The van der Waals surface area contributed by atoms with Gasteiger partial charge in [0.2, 0.25) is 0 Å². The predicted molar refractivity (Wildman–Crippen MR) is 46.8 cm³/mol. The van der Waals surface area contributed by atoms with Gasteiger partial charge in [0.15, 0.2) is 0 Å². The number of hydrogen-bond donors (Lipinski definition) is 2. The second-order valence-corrected chi connectivity index (χ2v) is 2.62. The van der Waals surface area contributed by atoms with E-state index < -0.39 is 29.3 Å². The topological polar surface area (TPSA) is 106 Å². The first kappa shape index (κ1) is 10.8. The van der Waals surface area contributed by atoms with Crippen LogP contribution in [0.2, 0.25) is 0 Å². The number of nitriles is 1. The maximum atomic E-state index is 12.5. The number of nitrogens with zero attached hydrogens (tertiary/aromatic N) is 2. The summed E-state index contributed by atoms with van der Waals surface area (Å²) in [7, 11) is 0. The van der Waals surface area contributed by atoms with Gasteiger partial charge < -0.3 is 11.5 Å². The van der Waals surface area contributed by atoms with Crippen LogP contribution in [-0.4, -0.2) is 10.9 Å². The highest BCUT2D eigenvalue weighted by Gasteiger charge is 2.23. The fraction of sp³-hybridized carbons (Fsp3) is 0.125. The van der Waals surface area contributed by atoms with Crippen LogP contribution in [0.3, 0.4) is 0 Å². The standard InChI is InChI=1S/C8H6F2N4O/c9-7(10)4-5(12)3(1-11)2-14-6(4)8(13)15/h2,7H,(H2,12,14)(H2,13,15). The Balaban J connectivity index is 3.53. The average Bonchev–Trinajstić information content (AvgIpc) is 2.16. The minimum Gasteiger partial charge on any atom is -0.397 e. The lowest BCUT2D eigenvalue weighted by Crippen LogP contribution is -2.18. The van der Waals surface area contributed by atoms with Crippen molar-refractivity contribution >= 4 is 11.6 Å². The highest BCUT2D eigenvalue weighted by atomic mass is 19.3. The van der Waals surface area contributed by atoms with E-state index >= 15 is 0 Å². The summed E-state index contributed by atoms with van der Waals surface area (Å²) in [5, 5.41) is 8.52. The molecule has 0 unspecified atom stereocenters. The van der Waals surface area contributed by atoms with Crippen molar-refractivity contribution in [1.29, 1.82) is 5.26 Å². The van der Waals surface area contributed by atoms with Crippen LogP contribution in [0.4, 0.5) is 14.5 Å². The maximum absolute atomic E-state index is 12.5. The predicted octanol–water partition coefficient (Wildman–Crippen LogP) is 0.572. The van der Waals surface area contributed by atoms with Gasteiger partial charge in [-0.2, -0.15) is 5.26 Å². The van der Waals surface area contributed by atoms with E-state index in [1.165, 1.54) is 0 Å². The number of nitrogens with two attached hydrogens (primary N) is 2. The van der Waals surface area contributed by atoms with Crippen molar-refractivity contribution in [3.63, 3.8) is 0 Å². The lowest BCUT2D eigenvalue weighted by Gasteiger charge is -2.08. The van der Waals surface area contributed by atoms with E-state index in [1.54, 1.807) is 6.07 Å². The van der Waals surface area contributed by atoms with Gasteiger partial charge in [-0.05, 0) is 0 Å². The SMILES string of the molecule is N#Cc1cnc(C(N)=O)c(C(F)F)c1N. The third-order valence-electron chi connectivity index (χ3n) is 1.73. The Morgan fingerprint density at radius 2 is 2.20 bits per heavy atom. The van der Waals surface area contributed by atoms with Gasteiger partial charge in [0, 0.05) is 6.20 Å². The zero-order chi connectivity index (χ0) is 11.6. The molecule has 0 fully saturated rings. The largest absolute Gasteiger partial charge is 0.397 e. The molecule has 0 radical (unpaired) electrons. The van der Waals surface area contributed by atoms with Gasteiger partial charge in [-0.1, -0.05) is 0 Å². The molecule has 1 aromatic heterocycles. The van der Waals surface area contributed by atoms with Gasteiger partial charge >= 0.3 is 0 Å². The Labute approximate surface area is 83.3 Å². The van der Waals surface area contributed by atoms with Crippen LogP contribution in [0.15, 0.2) is 6.20 Å². The molecule has 0 aliphatic carbocycles. The molecule has 15 heavy (non-hydrogen) atoms. The summed E-state index contributed by atoms with van der Waals surface area (Å²) >= 11 is 0. The second-order valence-electron chi connectivity index (χ2n) is 2.62. The number of rotatable bonds is 2. The van der Waals surface area contributed by atoms with Gasteiger partial charge in [0.25, 0.3) is 12.3 Å². The van der Waals surface area contributed by atoms with Crippen molar-refractivity contribution in [3.8, 4) is 6.07 Å². The summed E-state index contributed by atoms with van der Waals surface area (Å²) in [5.74, 6) is -1.11. The van der Waals surface area contributed by atoms with E-state index in [9.17, 15) is 13.6 Å². The molecule has 0 bridgehead atoms. The minimum absolute atomic E-state index is 0.213. The molecule has 1 rings (SSSR count). The van der Waals surface area contributed by atoms with E-state index in [-0.39, 0.29) is 5.56 Å². The Hall–Kier alpha value is -2.23. The monoisotopic (exact) mass is 212 g/mol. The molecule has 7 heteroatoms. The molecule has 0 aliphatic heterocycles. The van der Waals surface area contributed by atoms with Crippen molar-refractivity contribution in [2.24, 2.45) is 5.73 Å². The average molecular weight is 212 g/mol. The minimum atomic E-state index is -3.01. The van der Waals surface area contributed by atoms with E-state index in [4.69, 9.17) is 16.7 Å². The number of hydrogen-bond acceptors (Lipinski definition) is 4. The third kappa shape index (κ3) is 1.83. The fourth-order valence-corrected chi connectivity index (χ4v) is 1.05. The smallest absolute Gasteiger partial charge is 0.268 e. The number of primary amides is 1. The molecule has 0 spiro atoms. The number of carbonyl (C=O) groups is 1. The number of nitrogen functional groups attached to an aromatic ring is 1. The highest BCUT2D eigenvalue weighted by molar-refractivity contribution is 5.94. The second kappa shape index (κ2) is 3.88. The zero-order valence-electron chi connectivity index (χ0n) is 7.37. The van der Waals surface area contributed by atoms with Gasteiger partial charge in [-0.15, -0.1) is 0 Å². The lowest BCUT2D eigenvalue weighted by molar-refractivity contribution is 0.0980. The molecule has 0 aliphatic rings. The molecule has 1 aromatic rings. The number of anilines is 1. The molecule has 0 atom stereocenters. The molecule has 0 saturated heterocycles. The summed E-state index contributed by atoms with van der Waals surface area (Å²) in [6.07, 6.45) is -2.07. The number of alkyl halides is 2. The Bertz CT molecular complexity index is 453. The zero-order valence-corrected chi connectivity index (χ0v) is 7.37. The summed E-state index contributed by atoms with van der Waals surface area (Å²) in [4.78, 5) is 14.1. The molecule has 1 amide bonds. The quantitative estimate of drug-likeness (QED) is 0.747. The fourth-order valence-electron chi connectivity index (χ4n) is 1.05. The number of amides is 1. The van der Waals surface area contributed by atoms with Crippen molar-refractivity contribution in [2.45, 2.75) is 6.43 Å². The summed E-state index contributed by atoms with van der Waals surface area (Å²) < 4.78 is 25.1. The Kier molecular flexibility index (Phi) is 2.80. The first-order chi connectivity index (χ1) is 6.99. The lowest BCUT2D eigenvalue weighted by atomic mass is 10.1. The van der Waals surface area contributed by atoms with E-state index in [2.05, 4.69) is 4.98 Å². The van der Waals surface area contributed by atoms with Crippen LogP contribution in [0.25, 0.3) is 0 Å². The summed E-state index contributed by atoms with van der Waals surface area (Å²) in [6.45, 7) is 0. The Morgan fingerprint density at radius 1 is 1.60 bits per heavy atom. The first-order valence-electron chi connectivity index (χ1n) is 3.75. The van der Waals surface area contributed by atoms with Gasteiger partial charge in [0.1, 0.15) is 11.8 Å². The molecule has 0 aromatic carbocycles. The van der Waals surface area contributed by atoms with Crippen LogP contribution >= 0.6 is 0 Å². The molecule has 0 saturated carbocycles. The van der Waals surface area contributed by atoms with E-state index in [1.807, 2.05) is 0 Å². The van der Waals surface area contributed by atoms with Crippen molar-refractivity contribution in [3.05, 3.63) is 23.0 Å². The van der Waals surface area contributed by atoms with Crippen LogP contribution < -0.4 is 11.5 Å². The van der Waals surface area contributed by atoms with Crippen molar-refractivity contribution in [1.82, 2.24) is 4.98 Å². The third-order valence-corrected chi connectivity index (χ3v) is 1.73. The van der Waals surface area contributed by atoms with E-state index in [0.717, 1.165) is 6.20 Å². The highest BCUT2D eigenvalue weighted by Crippen LogP contribution is 2.29. The molecular weight excluding hydrogens is 206 g/mol.